The van der Waals surface area contributed by atoms with Crippen LogP contribution in [-0.4, -0.2) is 93.3 Å². The van der Waals surface area contributed by atoms with E-state index in [2.05, 4.69) is 4.74 Å². The molecule has 9 nitrogen and oxygen atoms in total. The summed E-state index contributed by atoms with van der Waals surface area (Å²) in [5, 5.41) is -9.14. The van der Waals surface area contributed by atoms with Crippen LogP contribution in [0.1, 0.15) is 98.3 Å². The van der Waals surface area contributed by atoms with Crippen molar-refractivity contribution in [1.29, 1.82) is 0 Å². The van der Waals surface area contributed by atoms with Gasteiger partial charge in [-0.15, -0.1) is 0 Å². The maximum absolute atomic E-state index is 14.4. The third kappa shape index (κ3) is 6.07. The number of ketones is 3. The quantitative estimate of drug-likeness (QED) is 0.107. The first-order valence-corrected chi connectivity index (χ1v) is 17.7. The van der Waals surface area contributed by atoms with E-state index in [0.29, 0.717) is 6.42 Å². The topological polar surface area (TPSA) is 141 Å². The first-order valence-electron chi connectivity index (χ1n) is 16.6. The van der Waals surface area contributed by atoms with Gasteiger partial charge in [0.1, 0.15) is 17.3 Å². The Morgan fingerprint density at radius 1 is 0.960 bits per heavy atom. The maximum Gasteiger partial charge on any atom is 0.429 e. The summed E-state index contributed by atoms with van der Waals surface area (Å²) in [5.41, 5.74) is -2.36. The zero-order valence-electron chi connectivity index (χ0n) is 28.7. The molecule has 11 atom stereocenters. The highest BCUT2D eigenvalue weighted by atomic mass is 32.2. The molecule has 18 heteroatoms. The zero-order valence-corrected chi connectivity index (χ0v) is 29.5. The summed E-state index contributed by atoms with van der Waals surface area (Å²) >= 11 is -3.62. The van der Waals surface area contributed by atoms with E-state index in [1.807, 2.05) is 6.92 Å². The van der Waals surface area contributed by atoms with Crippen LogP contribution in [-0.2, 0) is 44.5 Å². The zero-order chi connectivity index (χ0) is 38.1. The molecule has 0 aliphatic heterocycles. The molecule has 0 aromatic carbocycles. The second-order valence-electron chi connectivity index (χ2n) is 15.5. The monoisotopic (exact) mass is 720 g/mol. The first-order chi connectivity index (χ1) is 22.7. The molecule has 8 radical (unpaired) electrons. The molecule has 0 bridgehead atoms. The van der Waals surface area contributed by atoms with Gasteiger partial charge in [-0.2, -0.15) is 13.2 Å². The fraction of sp³-hybridized carbons (Fsp3) is 0.844. The van der Waals surface area contributed by atoms with Crippen LogP contribution >= 0.6 is 0 Å². The highest BCUT2D eigenvalue weighted by Gasteiger charge is 2.77. The Kier molecular flexibility index (Phi) is 10.7. The van der Waals surface area contributed by atoms with Crippen LogP contribution in [0.2, 0.25) is 21.3 Å². The summed E-state index contributed by atoms with van der Waals surface area (Å²) in [7, 11) is 28.2. The Labute approximate surface area is 297 Å². The van der Waals surface area contributed by atoms with Crippen LogP contribution in [0.15, 0.2) is 0 Å². The molecule has 4 rings (SSSR count). The van der Waals surface area contributed by atoms with Crippen LogP contribution in [0.5, 0.6) is 0 Å². The lowest BCUT2D eigenvalue weighted by Crippen LogP contribution is -2.67. The number of carbonyl (C=O) groups excluding carboxylic acids is 5. The highest BCUT2D eigenvalue weighted by Crippen LogP contribution is 2.85. The predicted molar refractivity (Wildman–Crippen MR) is 176 cm³/mol. The van der Waals surface area contributed by atoms with Gasteiger partial charge in [-0.25, -0.2) is 8.60 Å². The number of ether oxygens (including phenoxy) is 2. The van der Waals surface area contributed by atoms with E-state index in [1.165, 1.54) is 0 Å². The Hall–Kier alpha value is -1.96. The van der Waals surface area contributed by atoms with E-state index in [4.69, 9.17) is 40.7 Å². The van der Waals surface area contributed by atoms with Crippen molar-refractivity contribution in [2.24, 2.45) is 22.7 Å². The summed E-state index contributed by atoms with van der Waals surface area (Å²) in [6.07, 6.45) is -9.37. The molecule has 4 unspecified atom stereocenters. The average molecular weight is 720 g/mol. The van der Waals surface area contributed by atoms with Gasteiger partial charge in [0.15, 0.2) is 11.1 Å². The van der Waals surface area contributed by atoms with E-state index in [-0.39, 0.29) is 82.1 Å². The Morgan fingerprint density at radius 2 is 1.58 bits per heavy atom. The molecule has 0 aromatic heterocycles. The second kappa shape index (κ2) is 13.2. The summed E-state index contributed by atoms with van der Waals surface area (Å²) < 4.78 is 82.9. The van der Waals surface area contributed by atoms with Crippen molar-refractivity contribution in [2.45, 2.75) is 137 Å². The molecular weight excluding hydrogens is 680 g/mol. The fourth-order valence-electron chi connectivity index (χ4n) is 9.58. The van der Waals surface area contributed by atoms with Gasteiger partial charge in [-0.05, 0) is 53.5 Å². The van der Waals surface area contributed by atoms with E-state index in [1.54, 1.807) is 13.8 Å². The molecule has 4 fully saturated rings. The minimum absolute atomic E-state index is 0.0209. The number of fused-ring (bicyclic) bond motifs is 5. The van der Waals surface area contributed by atoms with Crippen LogP contribution in [0.25, 0.3) is 0 Å². The summed E-state index contributed by atoms with van der Waals surface area (Å²) in [6, 6.07) is 0. The van der Waals surface area contributed by atoms with Gasteiger partial charge in [0, 0.05) is 49.9 Å². The molecule has 50 heavy (non-hydrogen) atoms. The van der Waals surface area contributed by atoms with Crippen molar-refractivity contribution in [3.05, 3.63) is 0 Å². The predicted octanol–water partition coefficient (Wildman–Crippen LogP) is 4.54. The smallest absolute Gasteiger partial charge is 0.429 e. The second-order valence-corrected chi connectivity index (χ2v) is 16.8. The number of hydrogen-bond donors (Lipinski definition) is 1. The fourth-order valence-corrected chi connectivity index (χ4v) is 9.95. The molecular formula is C32H40B4F4O9S. The van der Waals surface area contributed by atoms with Crippen LogP contribution in [0.3, 0.4) is 0 Å². The van der Waals surface area contributed by atoms with E-state index in [9.17, 15) is 45.7 Å². The standard InChI is InChI=1S/C32H40B4F4O9S/c1-17(7-8-21(44)48-13-5-6-22(45)49-24(32(38,39)40)27(4,37)50(46)47)29(34)11-12-30(35)23-19(42)15-28(33)14-18(41)9-10-25(28,2)31(23,36)16-20(43)26(29,30)3/h17,23-24H,5-16H2,1-4H3,(H,46,47)/t17?,23-,24?,25-,26+,27?,28+,29-,30+,31+/m0/s1. The first kappa shape index (κ1) is 40.8. The lowest BCUT2D eigenvalue weighted by molar-refractivity contribution is -0.239. The van der Waals surface area contributed by atoms with E-state index < -0.39 is 97.3 Å². The molecule has 4 saturated carbocycles. The van der Waals surface area contributed by atoms with Gasteiger partial charge >= 0.3 is 18.1 Å². The third-order valence-corrected chi connectivity index (χ3v) is 13.9. The Bertz CT molecular complexity index is 1480. The third-order valence-electron chi connectivity index (χ3n) is 13.0. The number of Topliss-reactive ketones (excluding diaryl/α,β-unsaturated/α-hetero) is 3. The number of rotatable bonds is 11. The Balaban J connectivity index is 1.39. The largest absolute Gasteiger partial charge is 0.466 e. The summed E-state index contributed by atoms with van der Waals surface area (Å²) in [4.78, 5) is 65.3. The summed E-state index contributed by atoms with van der Waals surface area (Å²) in [6.45, 7) is 5.04. The lowest BCUT2D eigenvalue weighted by atomic mass is 9.21. The number of alkyl halides is 4. The van der Waals surface area contributed by atoms with E-state index in [0.717, 1.165) is 0 Å². The summed E-state index contributed by atoms with van der Waals surface area (Å²) in [5.74, 6) is -4.40. The number of hydrogen-bond acceptors (Lipinski definition) is 8. The van der Waals surface area contributed by atoms with Gasteiger partial charge in [-0.3, -0.25) is 24.0 Å². The molecule has 0 saturated heterocycles. The molecule has 0 spiro atoms. The highest BCUT2D eigenvalue weighted by molar-refractivity contribution is 7.80. The number of carbonyl (C=O) groups is 5. The molecule has 0 aromatic rings. The van der Waals surface area contributed by atoms with Crippen molar-refractivity contribution in [3.8, 4) is 0 Å². The molecule has 4 aliphatic carbocycles. The average Bonchev–Trinajstić information content (AvgIpc) is 3.20. The number of halogens is 4. The molecule has 0 amide bonds. The molecule has 268 valence electrons. The van der Waals surface area contributed by atoms with Crippen molar-refractivity contribution in [3.63, 3.8) is 0 Å². The van der Waals surface area contributed by atoms with Crippen LogP contribution < -0.4 is 0 Å². The van der Waals surface area contributed by atoms with Crippen LogP contribution in [0.4, 0.5) is 17.6 Å². The van der Waals surface area contributed by atoms with Gasteiger partial charge in [0.2, 0.25) is 6.10 Å². The molecule has 4 aliphatic rings. The molecule has 0 heterocycles. The minimum Gasteiger partial charge on any atom is -0.466 e. The van der Waals surface area contributed by atoms with Crippen LogP contribution in [0, 0.1) is 22.7 Å². The Morgan fingerprint density at radius 3 is 2.16 bits per heavy atom. The van der Waals surface area contributed by atoms with Gasteiger partial charge < -0.3 is 14.0 Å². The van der Waals surface area contributed by atoms with E-state index >= 15 is 0 Å². The van der Waals surface area contributed by atoms with Gasteiger partial charge in [0.05, 0.1) is 38.0 Å². The van der Waals surface area contributed by atoms with Gasteiger partial charge in [0.25, 0.3) is 5.00 Å². The minimum atomic E-state index is -5.46. The normalized spacial score (nSPS) is 40.0. The number of esters is 2. The van der Waals surface area contributed by atoms with Crippen molar-refractivity contribution < 1.29 is 59.8 Å². The van der Waals surface area contributed by atoms with Gasteiger partial charge in [-0.1, -0.05) is 38.9 Å². The van der Waals surface area contributed by atoms with Crippen molar-refractivity contribution in [1.82, 2.24) is 0 Å². The lowest BCUT2D eigenvalue weighted by Gasteiger charge is -2.72. The van der Waals surface area contributed by atoms with Crippen molar-refractivity contribution in [2.75, 3.05) is 6.61 Å². The molecule has 1 N–H and O–H groups in total. The maximum atomic E-state index is 14.4. The van der Waals surface area contributed by atoms with Crippen molar-refractivity contribution >= 4 is 71.8 Å². The SMILES string of the molecule is [B][C@@]12CC(=O)CC[C@]1(C)[C@@]1([B])CC(=O)[C@@]3(C)[C@@]([B])(CC[C@]3([B])C(C)CCC(=O)OCCCC(=O)OC(C(F)(F)F)C(C)(F)S(=O)O)[C@@H]1C(=O)C2.